The van der Waals surface area contributed by atoms with Crippen LogP contribution in [0, 0.1) is 13.8 Å². The van der Waals surface area contributed by atoms with Gasteiger partial charge in [-0.3, -0.25) is 4.79 Å². The van der Waals surface area contributed by atoms with E-state index in [-0.39, 0.29) is 16.6 Å². The van der Waals surface area contributed by atoms with Crippen LogP contribution in [0.3, 0.4) is 0 Å². The minimum atomic E-state index is -0.702. The number of amides is 2. The summed E-state index contributed by atoms with van der Waals surface area (Å²) in [6.45, 7) is 5.85. The van der Waals surface area contributed by atoms with Gasteiger partial charge >= 0.3 is 6.09 Å². The number of halogens is 2. The molecule has 0 aliphatic carbocycles. The fraction of sp³-hybridized carbons (Fsp3) is 0.278. The Morgan fingerprint density at radius 2 is 1.96 bits per heavy atom. The van der Waals surface area contributed by atoms with Crippen molar-refractivity contribution >= 4 is 40.9 Å². The number of hydrogen-bond donors (Lipinski definition) is 2. The van der Waals surface area contributed by atoms with Crippen molar-refractivity contribution in [3.63, 3.8) is 0 Å². The van der Waals surface area contributed by atoms with E-state index in [9.17, 15) is 9.59 Å². The Labute approximate surface area is 161 Å². The zero-order valence-electron chi connectivity index (χ0n) is 14.7. The average molecular weight is 396 g/mol. The molecular formula is C18H19Cl2N3O3. The smallest absolute Gasteiger partial charge is 0.390 e. The first-order valence-corrected chi connectivity index (χ1v) is 8.78. The number of pyridine rings is 1. The number of nitrogens with one attached hydrogen (secondary N) is 2. The molecule has 1 aromatic heterocycles. The lowest BCUT2D eigenvalue weighted by molar-refractivity contribution is 0.102. The number of aryl methyl sites for hydroxylation is 1. The Hall–Kier alpha value is -2.31. The van der Waals surface area contributed by atoms with Gasteiger partial charge in [0.2, 0.25) is 5.88 Å². The van der Waals surface area contributed by atoms with Crippen LogP contribution in [-0.2, 0) is 0 Å². The number of nitrogens with zero attached hydrogens (tertiary/aromatic N) is 1. The Morgan fingerprint density at radius 1 is 1.23 bits per heavy atom. The monoisotopic (exact) mass is 395 g/mol. The molecule has 1 heterocycles. The minimum absolute atomic E-state index is 0.0953. The maximum atomic E-state index is 12.7. The quantitative estimate of drug-likeness (QED) is 0.715. The van der Waals surface area contributed by atoms with Gasteiger partial charge in [-0.05, 0) is 49.6 Å². The van der Waals surface area contributed by atoms with Gasteiger partial charge in [-0.25, -0.2) is 9.78 Å². The second kappa shape index (κ2) is 8.87. The number of carbonyl (C=O) groups excluding carboxylic acids is 2. The number of hydrogen-bond acceptors (Lipinski definition) is 4. The van der Waals surface area contributed by atoms with Crippen molar-refractivity contribution in [3.05, 3.63) is 51.1 Å². The van der Waals surface area contributed by atoms with Gasteiger partial charge in [0.25, 0.3) is 5.91 Å². The Bertz CT molecular complexity index is 841. The standard InChI is InChI=1S/C18H19Cl2N3O3/c1-4-8-21-18(25)26-17-12(9-10(2)15(20)23-17)16(24)22-14-7-5-6-13(19)11(14)3/h5-7,9H,4,8H2,1-3H3,(H,21,25)(H,22,24). The van der Waals surface area contributed by atoms with E-state index < -0.39 is 12.0 Å². The normalized spacial score (nSPS) is 10.3. The van der Waals surface area contributed by atoms with E-state index in [1.165, 1.54) is 6.07 Å². The van der Waals surface area contributed by atoms with E-state index in [1.807, 2.05) is 6.92 Å². The van der Waals surface area contributed by atoms with Gasteiger partial charge in [0.15, 0.2) is 0 Å². The van der Waals surface area contributed by atoms with E-state index in [1.54, 1.807) is 32.0 Å². The SMILES string of the molecule is CCCNC(=O)Oc1nc(Cl)c(C)cc1C(=O)Nc1cccc(Cl)c1C. The van der Waals surface area contributed by atoms with Gasteiger partial charge in [0.1, 0.15) is 10.7 Å². The predicted molar refractivity (Wildman–Crippen MR) is 102 cm³/mol. The molecule has 0 aliphatic rings. The van der Waals surface area contributed by atoms with Crippen LogP contribution in [0.25, 0.3) is 0 Å². The summed E-state index contributed by atoms with van der Waals surface area (Å²) in [5, 5.41) is 5.99. The third-order valence-corrected chi connectivity index (χ3v) is 4.38. The van der Waals surface area contributed by atoms with Gasteiger partial charge in [-0.2, -0.15) is 0 Å². The molecule has 8 heteroatoms. The van der Waals surface area contributed by atoms with Crippen LogP contribution in [0.15, 0.2) is 24.3 Å². The van der Waals surface area contributed by atoms with Crippen molar-refractivity contribution in [1.29, 1.82) is 0 Å². The molecule has 0 saturated heterocycles. The maximum Gasteiger partial charge on any atom is 0.413 e. The third kappa shape index (κ3) is 4.86. The highest BCUT2D eigenvalue weighted by molar-refractivity contribution is 6.32. The number of anilines is 1. The molecule has 2 N–H and O–H groups in total. The molecular weight excluding hydrogens is 377 g/mol. The van der Waals surface area contributed by atoms with Crippen molar-refractivity contribution in [1.82, 2.24) is 10.3 Å². The van der Waals surface area contributed by atoms with E-state index in [4.69, 9.17) is 27.9 Å². The van der Waals surface area contributed by atoms with Crippen molar-refractivity contribution < 1.29 is 14.3 Å². The zero-order valence-corrected chi connectivity index (χ0v) is 16.2. The van der Waals surface area contributed by atoms with Gasteiger partial charge in [0.05, 0.1) is 0 Å². The zero-order chi connectivity index (χ0) is 19.3. The Morgan fingerprint density at radius 3 is 2.65 bits per heavy atom. The first-order chi connectivity index (χ1) is 12.3. The Balaban J connectivity index is 2.31. The maximum absolute atomic E-state index is 12.7. The molecule has 0 fully saturated rings. The van der Waals surface area contributed by atoms with Crippen LogP contribution in [0.1, 0.15) is 34.8 Å². The predicted octanol–water partition coefficient (Wildman–Crippen LogP) is 4.76. The van der Waals surface area contributed by atoms with Crippen LogP contribution in [-0.4, -0.2) is 23.5 Å². The third-order valence-electron chi connectivity index (χ3n) is 3.59. The molecule has 6 nitrogen and oxygen atoms in total. The number of benzene rings is 1. The fourth-order valence-electron chi connectivity index (χ4n) is 2.10. The molecule has 1 aromatic carbocycles. The van der Waals surface area contributed by atoms with Gasteiger partial charge in [-0.15, -0.1) is 0 Å². The topological polar surface area (TPSA) is 80.3 Å². The molecule has 0 radical (unpaired) electrons. The largest absolute Gasteiger partial charge is 0.413 e. The second-order valence-corrected chi connectivity index (χ2v) is 6.40. The lowest BCUT2D eigenvalue weighted by Crippen LogP contribution is -2.28. The van der Waals surface area contributed by atoms with E-state index >= 15 is 0 Å². The first-order valence-electron chi connectivity index (χ1n) is 8.02. The summed E-state index contributed by atoms with van der Waals surface area (Å²) in [5.74, 6) is -0.646. The van der Waals surface area contributed by atoms with Crippen LogP contribution in [0.4, 0.5) is 10.5 Å². The molecule has 26 heavy (non-hydrogen) atoms. The van der Waals surface area contributed by atoms with E-state index in [0.29, 0.717) is 22.8 Å². The van der Waals surface area contributed by atoms with Crippen molar-refractivity contribution in [3.8, 4) is 5.88 Å². The Kier molecular flexibility index (Phi) is 6.83. The lowest BCUT2D eigenvalue weighted by Gasteiger charge is -2.13. The van der Waals surface area contributed by atoms with Gasteiger partial charge in [0, 0.05) is 17.3 Å². The first kappa shape index (κ1) is 20.0. The summed E-state index contributed by atoms with van der Waals surface area (Å²) >= 11 is 12.1. The van der Waals surface area contributed by atoms with Gasteiger partial charge in [-0.1, -0.05) is 36.2 Å². The number of carbonyl (C=O) groups is 2. The molecule has 0 spiro atoms. The number of rotatable bonds is 5. The summed E-state index contributed by atoms with van der Waals surface area (Å²) in [4.78, 5) is 28.6. The molecule has 2 aromatic rings. The van der Waals surface area contributed by atoms with Crippen molar-refractivity contribution in [2.24, 2.45) is 0 Å². The molecule has 0 unspecified atom stereocenters. The highest BCUT2D eigenvalue weighted by Gasteiger charge is 2.20. The number of aromatic nitrogens is 1. The summed E-state index contributed by atoms with van der Waals surface area (Å²) in [5.41, 5.74) is 1.96. The summed E-state index contributed by atoms with van der Waals surface area (Å²) in [6.07, 6.45) is 0.0470. The summed E-state index contributed by atoms with van der Waals surface area (Å²) < 4.78 is 5.16. The second-order valence-electron chi connectivity index (χ2n) is 5.63. The molecule has 0 saturated carbocycles. The van der Waals surface area contributed by atoms with Crippen LogP contribution >= 0.6 is 23.2 Å². The van der Waals surface area contributed by atoms with E-state index in [2.05, 4.69) is 15.6 Å². The van der Waals surface area contributed by atoms with Crippen LogP contribution in [0.5, 0.6) is 5.88 Å². The van der Waals surface area contributed by atoms with Crippen molar-refractivity contribution in [2.75, 3.05) is 11.9 Å². The van der Waals surface area contributed by atoms with Gasteiger partial charge < -0.3 is 15.4 Å². The molecule has 138 valence electrons. The lowest BCUT2D eigenvalue weighted by atomic mass is 10.1. The van der Waals surface area contributed by atoms with Crippen LogP contribution < -0.4 is 15.4 Å². The molecule has 0 bridgehead atoms. The fourth-order valence-corrected chi connectivity index (χ4v) is 2.41. The number of ether oxygens (including phenoxy) is 1. The molecule has 2 amide bonds. The summed E-state index contributed by atoms with van der Waals surface area (Å²) in [7, 11) is 0. The molecule has 0 aliphatic heterocycles. The molecule has 2 rings (SSSR count). The van der Waals surface area contributed by atoms with Crippen molar-refractivity contribution in [2.45, 2.75) is 27.2 Å². The minimum Gasteiger partial charge on any atom is -0.390 e. The average Bonchev–Trinajstić information content (AvgIpc) is 2.60. The highest BCUT2D eigenvalue weighted by atomic mass is 35.5. The van der Waals surface area contributed by atoms with Crippen LogP contribution in [0.2, 0.25) is 10.2 Å². The van der Waals surface area contributed by atoms with E-state index in [0.717, 1.165) is 12.0 Å². The molecule has 0 atom stereocenters. The highest BCUT2D eigenvalue weighted by Crippen LogP contribution is 2.27. The summed E-state index contributed by atoms with van der Waals surface area (Å²) in [6, 6.07) is 6.70.